The molecule has 0 radical (unpaired) electrons. The topological polar surface area (TPSA) is 83.0 Å². The third-order valence-corrected chi connectivity index (χ3v) is 6.93. The van der Waals surface area contributed by atoms with Crippen LogP contribution in [0.15, 0.2) is 35.6 Å². The summed E-state index contributed by atoms with van der Waals surface area (Å²) in [5.41, 5.74) is 1.42. The fraction of sp³-hybridized carbons (Fsp3) is 0.409. The van der Waals surface area contributed by atoms with Crippen molar-refractivity contribution in [3.8, 4) is 0 Å². The van der Waals surface area contributed by atoms with Gasteiger partial charge in [0.2, 0.25) is 5.78 Å². The zero-order valence-electron chi connectivity index (χ0n) is 17.4. The minimum atomic E-state index is -0.680. The number of halogens is 1. The van der Waals surface area contributed by atoms with Gasteiger partial charge in [-0.15, -0.1) is 11.3 Å². The van der Waals surface area contributed by atoms with Gasteiger partial charge in [0.1, 0.15) is 0 Å². The maximum Gasteiger partial charge on any atom is 0.290 e. The highest BCUT2D eigenvalue weighted by molar-refractivity contribution is 7.14. The second kappa shape index (κ2) is 9.08. The molecule has 31 heavy (non-hydrogen) atoms. The molecule has 1 saturated heterocycles. The number of aliphatic hydroxyl groups excluding tert-OH is 1. The molecule has 2 aliphatic heterocycles. The Kier molecular flexibility index (Phi) is 6.43. The molecule has 0 aliphatic carbocycles. The lowest BCUT2D eigenvalue weighted by Gasteiger charge is -2.31. The Hall–Kier alpha value is -2.26. The van der Waals surface area contributed by atoms with Crippen molar-refractivity contribution >= 4 is 34.6 Å². The SMILES string of the molecule is Cc1nc(C)c(C(=O)C2=C(O)C(=O)N(CCN3CCOCC3)[C@H]2c2ccc(Cl)cc2)s1. The summed E-state index contributed by atoms with van der Waals surface area (Å²) in [6.45, 7) is 7.50. The minimum absolute atomic E-state index is 0.0982. The van der Waals surface area contributed by atoms with E-state index in [4.69, 9.17) is 16.3 Å². The number of ketones is 1. The Bertz CT molecular complexity index is 1030. The van der Waals surface area contributed by atoms with E-state index in [0.717, 1.165) is 23.7 Å². The third-order valence-electron chi connectivity index (χ3n) is 5.60. The average molecular weight is 462 g/mol. The molecule has 1 N–H and O–H groups in total. The molecule has 1 amide bonds. The van der Waals surface area contributed by atoms with E-state index >= 15 is 0 Å². The molecule has 9 heteroatoms. The van der Waals surface area contributed by atoms with Crippen LogP contribution < -0.4 is 0 Å². The number of carbonyl (C=O) groups is 2. The largest absolute Gasteiger partial charge is 0.503 e. The lowest BCUT2D eigenvalue weighted by molar-refractivity contribution is -0.129. The number of benzene rings is 1. The van der Waals surface area contributed by atoms with Crippen LogP contribution >= 0.6 is 22.9 Å². The lowest BCUT2D eigenvalue weighted by atomic mass is 9.95. The van der Waals surface area contributed by atoms with Crippen LogP contribution in [0.5, 0.6) is 0 Å². The Morgan fingerprint density at radius 2 is 1.90 bits per heavy atom. The first kappa shape index (κ1) is 22.0. The summed E-state index contributed by atoms with van der Waals surface area (Å²) >= 11 is 7.33. The molecule has 4 rings (SSSR count). The highest BCUT2D eigenvalue weighted by Gasteiger charge is 2.44. The predicted molar refractivity (Wildman–Crippen MR) is 119 cm³/mol. The summed E-state index contributed by atoms with van der Waals surface area (Å²) in [6, 6.07) is 6.35. The van der Waals surface area contributed by atoms with Crippen molar-refractivity contribution in [3.63, 3.8) is 0 Å². The summed E-state index contributed by atoms with van der Waals surface area (Å²) in [5, 5.41) is 12.1. The highest BCUT2D eigenvalue weighted by atomic mass is 35.5. The molecular weight excluding hydrogens is 438 g/mol. The van der Waals surface area contributed by atoms with E-state index in [9.17, 15) is 14.7 Å². The van der Waals surface area contributed by atoms with Crippen molar-refractivity contribution in [1.29, 1.82) is 0 Å². The van der Waals surface area contributed by atoms with Gasteiger partial charge in [0, 0.05) is 31.2 Å². The van der Waals surface area contributed by atoms with Gasteiger partial charge in [-0.2, -0.15) is 0 Å². The summed E-state index contributed by atoms with van der Waals surface area (Å²) in [6.07, 6.45) is 0. The van der Waals surface area contributed by atoms with Gasteiger partial charge in [0.05, 0.1) is 40.4 Å². The van der Waals surface area contributed by atoms with Gasteiger partial charge in [-0.25, -0.2) is 4.98 Å². The molecule has 7 nitrogen and oxygen atoms in total. The Morgan fingerprint density at radius 3 is 2.52 bits per heavy atom. The second-order valence-corrected chi connectivity index (χ2v) is 9.29. The van der Waals surface area contributed by atoms with Crippen LogP contribution in [0.4, 0.5) is 0 Å². The molecule has 1 fully saturated rings. The Labute approximate surface area is 189 Å². The van der Waals surface area contributed by atoms with E-state index < -0.39 is 17.7 Å². The Morgan fingerprint density at radius 1 is 1.23 bits per heavy atom. The number of Topliss-reactive ketones (excluding diaryl/α,β-unsaturated/α-hetero) is 1. The number of morpholine rings is 1. The first-order valence-corrected chi connectivity index (χ1v) is 11.3. The van der Waals surface area contributed by atoms with Gasteiger partial charge in [-0.1, -0.05) is 23.7 Å². The van der Waals surface area contributed by atoms with Crippen LogP contribution in [0.3, 0.4) is 0 Å². The molecule has 164 valence electrons. The van der Waals surface area contributed by atoms with Crippen molar-refractivity contribution < 1.29 is 19.4 Å². The molecule has 1 aromatic carbocycles. The van der Waals surface area contributed by atoms with Crippen molar-refractivity contribution in [2.24, 2.45) is 0 Å². The van der Waals surface area contributed by atoms with Crippen LogP contribution in [0.1, 0.15) is 32.0 Å². The number of aliphatic hydroxyl groups is 1. The van der Waals surface area contributed by atoms with E-state index in [1.54, 1.807) is 36.1 Å². The van der Waals surface area contributed by atoms with Gasteiger partial charge in [0.15, 0.2) is 5.76 Å². The maximum atomic E-state index is 13.5. The van der Waals surface area contributed by atoms with E-state index in [1.807, 2.05) is 6.92 Å². The summed E-state index contributed by atoms with van der Waals surface area (Å²) < 4.78 is 5.39. The van der Waals surface area contributed by atoms with E-state index in [-0.39, 0.29) is 11.4 Å². The number of hydrogen-bond acceptors (Lipinski definition) is 7. The zero-order valence-corrected chi connectivity index (χ0v) is 19.0. The molecular formula is C22H24ClN3O4S. The van der Waals surface area contributed by atoms with Crippen LogP contribution in [-0.4, -0.2) is 71.0 Å². The maximum absolute atomic E-state index is 13.5. The normalized spacial score (nSPS) is 20.0. The second-order valence-electron chi connectivity index (χ2n) is 7.65. The Balaban J connectivity index is 1.69. The number of ether oxygens (including phenoxy) is 1. The van der Waals surface area contributed by atoms with Crippen molar-refractivity contribution in [2.45, 2.75) is 19.9 Å². The van der Waals surface area contributed by atoms with E-state index in [2.05, 4.69) is 9.88 Å². The van der Waals surface area contributed by atoms with Gasteiger partial charge in [-0.3, -0.25) is 14.5 Å². The molecule has 0 spiro atoms. The number of carbonyl (C=O) groups excluding carboxylic acids is 2. The number of thiazole rings is 1. The highest BCUT2D eigenvalue weighted by Crippen LogP contribution is 2.40. The van der Waals surface area contributed by atoms with E-state index in [1.165, 1.54) is 11.3 Å². The molecule has 2 aliphatic rings. The van der Waals surface area contributed by atoms with Crippen LogP contribution in [0.2, 0.25) is 5.02 Å². The fourth-order valence-corrected chi connectivity index (χ4v) is 5.05. The number of aryl methyl sites for hydroxylation is 2. The smallest absolute Gasteiger partial charge is 0.290 e. The molecule has 1 atom stereocenters. The van der Waals surface area contributed by atoms with Crippen molar-refractivity contribution in [1.82, 2.24) is 14.8 Å². The summed E-state index contributed by atoms with van der Waals surface area (Å²) in [5.74, 6) is -1.38. The number of hydrogen-bond donors (Lipinski definition) is 1. The van der Waals surface area contributed by atoms with E-state index in [0.29, 0.717) is 41.9 Å². The number of rotatable bonds is 6. The van der Waals surface area contributed by atoms with Crippen LogP contribution in [0.25, 0.3) is 0 Å². The molecule has 0 bridgehead atoms. The van der Waals surface area contributed by atoms with Gasteiger partial charge < -0.3 is 14.7 Å². The predicted octanol–water partition coefficient (Wildman–Crippen LogP) is 3.32. The zero-order chi connectivity index (χ0) is 22.1. The average Bonchev–Trinajstić information content (AvgIpc) is 3.23. The van der Waals surface area contributed by atoms with Crippen LogP contribution in [0, 0.1) is 13.8 Å². The van der Waals surface area contributed by atoms with Gasteiger partial charge in [0.25, 0.3) is 5.91 Å². The molecule has 0 saturated carbocycles. The molecule has 3 heterocycles. The van der Waals surface area contributed by atoms with Crippen molar-refractivity contribution in [3.05, 3.63) is 61.8 Å². The summed E-state index contributed by atoms with van der Waals surface area (Å²) in [4.78, 5) is 35.1. The number of aromatic nitrogens is 1. The van der Waals surface area contributed by atoms with Gasteiger partial charge in [-0.05, 0) is 31.5 Å². The number of amides is 1. The lowest BCUT2D eigenvalue weighted by Crippen LogP contribution is -2.43. The monoisotopic (exact) mass is 461 g/mol. The van der Waals surface area contributed by atoms with Crippen LogP contribution in [-0.2, 0) is 9.53 Å². The summed E-state index contributed by atoms with van der Waals surface area (Å²) in [7, 11) is 0. The molecule has 1 aromatic heterocycles. The first-order chi connectivity index (χ1) is 14.9. The number of nitrogens with zero attached hydrogens (tertiary/aromatic N) is 3. The minimum Gasteiger partial charge on any atom is -0.503 e. The standard InChI is InChI=1S/C22H24ClN3O4S/c1-13-21(31-14(2)24-13)19(27)17-18(15-3-5-16(23)6-4-15)26(22(29)20(17)28)8-7-25-9-11-30-12-10-25/h3-6,18,28H,7-12H2,1-2H3/t18-/m0/s1. The first-order valence-electron chi connectivity index (χ1n) is 10.1. The fourth-order valence-electron chi connectivity index (χ4n) is 4.05. The third kappa shape index (κ3) is 4.39. The van der Waals surface area contributed by atoms with Gasteiger partial charge >= 0.3 is 0 Å². The molecule has 0 unspecified atom stereocenters. The quantitative estimate of drug-likeness (QED) is 0.664. The molecule has 2 aromatic rings. The van der Waals surface area contributed by atoms with Crippen molar-refractivity contribution in [2.75, 3.05) is 39.4 Å².